The molecule has 16 nitrogen and oxygen atoms in total. The van der Waals surface area contributed by atoms with Crippen LogP contribution in [0.1, 0.15) is 0 Å². The first-order valence-electron chi connectivity index (χ1n) is 10.6. The van der Waals surface area contributed by atoms with Crippen LogP contribution in [0.2, 0.25) is 0 Å². The zero-order chi connectivity index (χ0) is 25.3. The second-order valence-electron chi connectivity index (χ2n) is 8.34. The van der Waals surface area contributed by atoms with E-state index in [1.165, 1.54) is 0 Å². The van der Waals surface area contributed by atoms with Crippen LogP contribution in [0.25, 0.3) is 0 Å². The summed E-state index contributed by atoms with van der Waals surface area (Å²) in [4.78, 5) is 0. The van der Waals surface area contributed by atoms with Crippen LogP contribution in [0, 0.1) is 0 Å². The summed E-state index contributed by atoms with van der Waals surface area (Å²) in [5, 5.41) is 109. The molecular formula is C18H32O16. The van der Waals surface area contributed by atoms with Gasteiger partial charge in [-0.2, -0.15) is 0 Å². The summed E-state index contributed by atoms with van der Waals surface area (Å²) in [6, 6.07) is 0. The smallest absolute Gasteiger partial charge is 0.189 e. The number of rotatable bonds is 7. The van der Waals surface area contributed by atoms with Gasteiger partial charge in [-0.3, -0.25) is 0 Å². The molecule has 0 aromatic heterocycles. The Hall–Kier alpha value is -0.640. The molecule has 11 N–H and O–H groups in total. The fourth-order valence-electron chi connectivity index (χ4n) is 3.97. The summed E-state index contributed by atoms with van der Waals surface area (Å²) >= 11 is 0. The molecule has 0 saturated carbocycles. The molecule has 3 heterocycles. The summed E-state index contributed by atoms with van der Waals surface area (Å²) < 4.78 is 26.5. The predicted octanol–water partition coefficient (Wildman–Crippen LogP) is -7.57. The number of aliphatic hydroxyl groups excluding tert-OH is 11. The highest BCUT2D eigenvalue weighted by Gasteiger charge is 2.53. The first-order chi connectivity index (χ1) is 16.0. The lowest BCUT2D eigenvalue weighted by atomic mass is 9.96. The fourth-order valence-corrected chi connectivity index (χ4v) is 3.97. The van der Waals surface area contributed by atoms with Gasteiger partial charge in [0.2, 0.25) is 0 Å². The van der Waals surface area contributed by atoms with E-state index in [-0.39, 0.29) is 0 Å². The standard InChI is InChI=1S/C18H32O16/c19-1-4-7(22)10(25)12(27)16(30-4)33-15-9(24)6(3-21)32-18(14(15)29)34-17-13(28)11(26)8(23)5(2-20)31-17/h4-29H,1-3H2/t4-,5-,6-,7+,8-,9+,10+,11+,12-,13-,14-,15+,16-,17?,18+/m1/s1. The highest BCUT2D eigenvalue weighted by molar-refractivity contribution is 4.95. The van der Waals surface area contributed by atoms with Crippen LogP contribution in [-0.4, -0.2) is 168 Å². The van der Waals surface area contributed by atoms with Gasteiger partial charge in [0.25, 0.3) is 0 Å². The minimum Gasteiger partial charge on any atom is -0.394 e. The Bertz CT molecular complexity index is 637. The predicted molar refractivity (Wildman–Crippen MR) is 101 cm³/mol. The Morgan fingerprint density at radius 3 is 1.18 bits per heavy atom. The van der Waals surface area contributed by atoms with Crippen molar-refractivity contribution in [2.24, 2.45) is 0 Å². The van der Waals surface area contributed by atoms with Gasteiger partial charge < -0.3 is 79.9 Å². The van der Waals surface area contributed by atoms with Gasteiger partial charge in [-0.1, -0.05) is 0 Å². The second-order valence-corrected chi connectivity index (χ2v) is 8.34. The van der Waals surface area contributed by atoms with E-state index in [9.17, 15) is 56.2 Å². The molecule has 0 radical (unpaired) electrons. The number of ether oxygens (including phenoxy) is 5. The fraction of sp³-hybridized carbons (Fsp3) is 1.00. The zero-order valence-electron chi connectivity index (χ0n) is 17.7. The Morgan fingerprint density at radius 2 is 0.765 bits per heavy atom. The summed E-state index contributed by atoms with van der Waals surface area (Å²) in [5.74, 6) is 0. The molecule has 15 atom stereocenters. The van der Waals surface area contributed by atoms with E-state index in [2.05, 4.69) is 0 Å². The number of hydrogen-bond acceptors (Lipinski definition) is 16. The average Bonchev–Trinajstić information content (AvgIpc) is 2.83. The normalized spacial score (nSPS) is 52.5. The summed E-state index contributed by atoms with van der Waals surface area (Å²) in [6.45, 7) is -2.32. The molecule has 3 aliphatic rings. The Kier molecular flexibility index (Phi) is 9.54. The molecule has 3 fully saturated rings. The van der Waals surface area contributed by atoms with E-state index in [0.29, 0.717) is 0 Å². The lowest BCUT2D eigenvalue weighted by Crippen LogP contribution is -2.66. The lowest BCUT2D eigenvalue weighted by molar-refractivity contribution is -0.393. The van der Waals surface area contributed by atoms with E-state index in [1.807, 2.05) is 0 Å². The van der Waals surface area contributed by atoms with Gasteiger partial charge in [-0.25, -0.2) is 0 Å². The van der Waals surface area contributed by atoms with Crippen molar-refractivity contribution in [1.29, 1.82) is 0 Å². The van der Waals surface area contributed by atoms with Crippen LogP contribution < -0.4 is 0 Å². The van der Waals surface area contributed by atoms with Crippen molar-refractivity contribution >= 4 is 0 Å². The second kappa shape index (κ2) is 11.6. The molecule has 16 heteroatoms. The van der Waals surface area contributed by atoms with Crippen LogP contribution >= 0.6 is 0 Å². The SMILES string of the molecule is OC[C@H]1O[C@H](O[C@H]2[C@@H](O)[C@@H](CO)O[C@@H](OC3O[C@H](CO)[C@@H](O)[C@H](O)[C@H]3O)[C@@H]2O)[C@H](O)[C@@H](O)[C@H]1O. The molecule has 3 aliphatic heterocycles. The lowest BCUT2D eigenvalue weighted by Gasteiger charge is -2.47. The largest absolute Gasteiger partial charge is 0.394 e. The van der Waals surface area contributed by atoms with Crippen LogP contribution in [0.5, 0.6) is 0 Å². The minimum absolute atomic E-state index is 0.750. The third kappa shape index (κ3) is 5.37. The van der Waals surface area contributed by atoms with Crippen molar-refractivity contribution in [3.63, 3.8) is 0 Å². The molecule has 0 aromatic carbocycles. The topological polar surface area (TPSA) is 269 Å². The van der Waals surface area contributed by atoms with Crippen molar-refractivity contribution in [1.82, 2.24) is 0 Å². The Labute approximate surface area is 192 Å². The van der Waals surface area contributed by atoms with E-state index in [0.717, 1.165) is 0 Å². The number of hydrogen-bond donors (Lipinski definition) is 11. The van der Waals surface area contributed by atoms with E-state index in [1.54, 1.807) is 0 Å². The molecule has 3 saturated heterocycles. The van der Waals surface area contributed by atoms with Crippen molar-refractivity contribution in [3.05, 3.63) is 0 Å². The van der Waals surface area contributed by atoms with E-state index in [4.69, 9.17) is 23.7 Å². The van der Waals surface area contributed by atoms with Gasteiger partial charge in [-0.15, -0.1) is 0 Å². The molecule has 1 unspecified atom stereocenters. The molecule has 34 heavy (non-hydrogen) atoms. The first-order valence-corrected chi connectivity index (χ1v) is 10.6. The van der Waals surface area contributed by atoms with E-state index < -0.39 is 112 Å². The van der Waals surface area contributed by atoms with Gasteiger partial charge in [0.1, 0.15) is 73.2 Å². The molecule has 200 valence electrons. The maximum absolute atomic E-state index is 10.7. The maximum Gasteiger partial charge on any atom is 0.189 e. The van der Waals surface area contributed by atoms with E-state index >= 15 is 0 Å². The minimum atomic E-state index is -1.91. The van der Waals surface area contributed by atoms with Crippen LogP contribution in [0.15, 0.2) is 0 Å². The maximum atomic E-state index is 10.7. The first kappa shape index (κ1) is 27.9. The monoisotopic (exact) mass is 504 g/mol. The molecule has 3 rings (SSSR count). The molecular weight excluding hydrogens is 472 g/mol. The third-order valence-electron chi connectivity index (χ3n) is 6.08. The van der Waals surface area contributed by atoms with Gasteiger partial charge in [0.05, 0.1) is 19.8 Å². The average molecular weight is 504 g/mol. The molecule has 0 aromatic rings. The molecule has 0 bridgehead atoms. The van der Waals surface area contributed by atoms with Crippen LogP contribution in [0.3, 0.4) is 0 Å². The summed E-state index contributed by atoms with van der Waals surface area (Å²) in [7, 11) is 0. The Morgan fingerprint density at radius 1 is 0.412 bits per heavy atom. The molecule has 0 spiro atoms. The zero-order valence-corrected chi connectivity index (χ0v) is 17.7. The summed E-state index contributed by atoms with van der Waals surface area (Å²) in [6.07, 6.45) is -25.4. The van der Waals surface area contributed by atoms with Crippen molar-refractivity contribution in [3.8, 4) is 0 Å². The van der Waals surface area contributed by atoms with Gasteiger partial charge >= 0.3 is 0 Å². The van der Waals surface area contributed by atoms with Crippen molar-refractivity contribution in [2.75, 3.05) is 19.8 Å². The highest BCUT2D eigenvalue weighted by atomic mass is 16.8. The highest BCUT2D eigenvalue weighted by Crippen LogP contribution is 2.31. The molecule has 0 aliphatic carbocycles. The Balaban J connectivity index is 1.76. The number of aliphatic hydroxyl groups is 11. The summed E-state index contributed by atoms with van der Waals surface area (Å²) in [5.41, 5.74) is 0. The van der Waals surface area contributed by atoms with Crippen molar-refractivity contribution in [2.45, 2.75) is 92.1 Å². The van der Waals surface area contributed by atoms with Gasteiger partial charge in [-0.05, 0) is 0 Å². The third-order valence-corrected chi connectivity index (χ3v) is 6.08. The van der Waals surface area contributed by atoms with Crippen molar-refractivity contribution < 1.29 is 79.9 Å². The quantitative estimate of drug-likeness (QED) is 0.154. The van der Waals surface area contributed by atoms with Gasteiger partial charge in [0.15, 0.2) is 18.9 Å². The van der Waals surface area contributed by atoms with Crippen LogP contribution in [0.4, 0.5) is 0 Å². The van der Waals surface area contributed by atoms with Gasteiger partial charge in [0, 0.05) is 0 Å². The van der Waals surface area contributed by atoms with Crippen LogP contribution in [-0.2, 0) is 23.7 Å². The molecule has 0 amide bonds.